The van der Waals surface area contributed by atoms with E-state index in [-0.39, 0.29) is 5.92 Å². The second-order valence-electron chi connectivity index (χ2n) is 11.9. The summed E-state index contributed by atoms with van der Waals surface area (Å²) in [7, 11) is 0. The van der Waals surface area contributed by atoms with Gasteiger partial charge in [-0.15, -0.1) is 5.10 Å². The average molecular weight is 582 g/mol. The van der Waals surface area contributed by atoms with Gasteiger partial charge < -0.3 is 0 Å². The first-order chi connectivity index (χ1) is 22.0. The molecule has 0 aliphatic heterocycles. The van der Waals surface area contributed by atoms with Gasteiger partial charge in [-0.05, 0) is 59.4 Å². The number of nitrogens with zero attached hydrogens (tertiary/aromatic N) is 5. The zero-order chi connectivity index (χ0) is 30.5. The molecule has 8 aromatic rings. The van der Waals surface area contributed by atoms with Gasteiger partial charge in [-0.1, -0.05) is 111 Å². The predicted octanol–water partition coefficient (Wildman–Crippen LogP) is 9.93. The number of fused-ring (bicyclic) bond motifs is 4. The van der Waals surface area contributed by atoms with Crippen LogP contribution >= 0.6 is 0 Å². The van der Waals surface area contributed by atoms with Crippen LogP contribution in [0.1, 0.15) is 31.2 Å². The number of rotatable bonds is 5. The van der Waals surface area contributed by atoms with E-state index in [4.69, 9.17) is 20.1 Å². The normalized spacial score (nSPS) is 11.6. The van der Waals surface area contributed by atoms with E-state index in [1.54, 1.807) is 0 Å². The first-order valence-electron chi connectivity index (χ1n) is 15.3. The summed E-state index contributed by atoms with van der Waals surface area (Å²) in [6.45, 7) is 6.41. The van der Waals surface area contributed by atoms with Crippen molar-refractivity contribution in [3.05, 3.63) is 139 Å². The Morgan fingerprint density at radius 1 is 0.556 bits per heavy atom. The van der Waals surface area contributed by atoms with Crippen molar-refractivity contribution in [1.82, 2.24) is 24.6 Å². The first-order valence-corrected chi connectivity index (χ1v) is 15.3. The fourth-order valence-electron chi connectivity index (χ4n) is 6.08. The Morgan fingerprint density at radius 2 is 1.27 bits per heavy atom. The molecule has 4 heterocycles. The molecule has 0 amide bonds. The molecule has 0 fully saturated rings. The highest BCUT2D eigenvalue weighted by atomic mass is 15.3. The van der Waals surface area contributed by atoms with Gasteiger partial charge in [-0.25, -0.2) is 9.50 Å². The zero-order valence-electron chi connectivity index (χ0n) is 25.4. The summed E-state index contributed by atoms with van der Waals surface area (Å²) in [5.41, 5.74) is 12.3. The third-order valence-electron chi connectivity index (χ3n) is 8.45. The minimum atomic E-state index is 0.270. The van der Waals surface area contributed by atoms with Crippen LogP contribution in [0.15, 0.2) is 128 Å². The number of hydrogen-bond acceptors (Lipinski definition) is 4. The molecule has 8 rings (SSSR count). The molecular formula is C40H31N5. The summed E-state index contributed by atoms with van der Waals surface area (Å²) in [5, 5.41) is 7.22. The third kappa shape index (κ3) is 4.83. The van der Waals surface area contributed by atoms with E-state index < -0.39 is 0 Å². The van der Waals surface area contributed by atoms with E-state index in [2.05, 4.69) is 129 Å². The van der Waals surface area contributed by atoms with Crippen molar-refractivity contribution in [1.29, 1.82) is 0 Å². The summed E-state index contributed by atoms with van der Waals surface area (Å²) >= 11 is 0. The molecule has 0 aliphatic carbocycles. The molecule has 4 aromatic heterocycles. The van der Waals surface area contributed by atoms with Crippen molar-refractivity contribution in [2.45, 2.75) is 26.7 Å². The fourth-order valence-corrected chi connectivity index (χ4v) is 6.08. The van der Waals surface area contributed by atoms with Crippen molar-refractivity contribution in [2.24, 2.45) is 0 Å². The lowest BCUT2D eigenvalue weighted by molar-refractivity contribution is 0.831. The Bertz CT molecular complexity index is 2360. The topological polar surface area (TPSA) is 56.0 Å². The minimum absolute atomic E-state index is 0.270. The Morgan fingerprint density at radius 3 is 2.04 bits per heavy atom. The van der Waals surface area contributed by atoms with Crippen LogP contribution in [-0.4, -0.2) is 24.6 Å². The summed E-state index contributed by atoms with van der Waals surface area (Å²) in [5.74, 6) is 0.955. The van der Waals surface area contributed by atoms with Crippen LogP contribution in [0.3, 0.4) is 0 Å². The van der Waals surface area contributed by atoms with Gasteiger partial charge in [0.2, 0.25) is 0 Å². The molecule has 5 heteroatoms. The number of pyridine rings is 3. The lowest BCUT2D eigenvalue weighted by atomic mass is 9.95. The number of aryl methyl sites for hydroxylation is 1. The molecule has 0 aliphatic rings. The van der Waals surface area contributed by atoms with Crippen molar-refractivity contribution in [3.63, 3.8) is 0 Å². The molecule has 0 radical (unpaired) electrons. The molecule has 0 N–H and O–H groups in total. The summed E-state index contributed by atoms with van der Waals surface area (Å²) in [4.78, 5) is 15.1. The van der Waals surface area contributed by atoms with Gasteiger partial charge in [-0.3, -0.25) is 9.97 Å². The van der Waals surface area contributed by atoms with Gasteiger partial charge >= 0.3 is 0 Å². The van der Waals surface area contributed by atoms with Crippen LogP contribution < -0.4 is 0 Å². The molecule has 5 nitrogen and oxygen atoms in total. The van der Waals surface area contributed by atoms with Crippen LogP contribution in [0, 0.1) is 6.92 Å². The van der Waals surface area contributed by atoms with Crippen LogP contribution in [0.2, 0.25) is 0 Å². The molecule has 216 valence electrons. The number of hydrogen-bond donors (Lipinski definition) is 0. The van der Waals surface area contributed by atoms with Gasteiger partial charge in [0.05, 0.1) is 11.0 Å². The number of aromatic nitrogens is 5. The average Bonchev–Trinajstić information content (AvgIpc) is 3.52. The molecule has 0 bridgehead atoms. The van der Waals surface area contributed by atoms with Crippen molar-refractivity contribution in [3.8, 4) is 44.8 Å². The molecule has 0 saturated carbocycles. The van der Waals surface area contributed by atoms with E-state index in [9.17, 15) is 0 Å². The lowest BCUT2D eigenvalue weighted by Crippen LogP contribution is -1.97. The first kappa shape index (κ1) is 26.9. The monoisotopic (exact) mass is 581 g/mol. The maximum atomic E-state index is 5.12. The minimum Gasteiger partial charge on any atom is -0.251 e. The zero-order valence-corrected chi connectivity index (χ0v) is 25.4. The molecule has 45 heavy (non-hydrogen) atoms. The summed E-state index contributed by atoms with van der Waals surface area (Å²) in [6, 6.07) is 42.3. The highest BCUT2D eigenvalue weighted by molar-refractivity contribution is 6.08. The quantitative estimate of drug-likeness (QED) is 0.190. The van der Waals surface area contributed by atoms with E-state index in [1.807, 2.05) is 23.6 Å². The summed E-state index contributed by atoms with van der Waals surface area (Å²) in [6.07, 6.45) is 2.07. The van der Waals surface area contributed by atoms with Crippen molar-refractivity contribution in [2.75, 3.05) is 0 Å². The second-order valence-corrected chi connectivity index (χ2v) is 11.9. The molecule has 0 spiro atoms. The Labute approximate surface area is 261 Å². The van der Waals surface area contributed by atoms with Crippen molar-refractivity contribution < 1.29 is 0 Å². The number of benzene rings is 4. The van der Waals surface area contributed by atoms with Crippen LogP contribution in [0.4, 0.5) is 0 Å². The summed E-state index contributed by atoms with van der Waals surface area (Å²) < 4.78 is 1.92. The highest BCUT2D eigenvalue weighted by Gasteiger charge is 2.17. The molecule has 0 atom stereocenters. The van der Waals surface area contributed by atoms with E-state index in [0.717, 1.165) is 77.8 Å². The van der Waals surface area contributed by atoms with E-state index >= 15 is 0 Å². The molecule has 0 saturated heterocycles. The Balaban J connectivity index is 1.31. The predicted molar refractivity (Wildman–Crippen MR) is 184 cm³/mol. The fraction of sp³-hybridized carbons (Fsp3) is 0.100. The maximum Gasteiger partial charge on any atom is 0.182 e. The standard InChI is InChI=1S/C40H31N5/c1-25(2)36-23-34(33-20-19-29-18-17-26(3)41-37(29)38(33)42-36)30-15-10-16-31(21-30)39-43-40-35(28-13-8-5-9-14-28)22-32(24-45(40)44-39)27-11-6-4-7-12-27/h4-25H,1-3H3. The smallest absolute Gasteiger partial charge is 0.182 e. The van der Waals surface area contributed by atoms with Gasteiger partial charge in [0.25, 0.3) is 0 Å². The Kier molecular flexibility index (Phi) is 6.45. The highest BCUT2D eigenvalue weighted by Crippen LogP contribution is 2.36. The molecular weight excluding hydrogens is 550 g/mol. The van der Waals surface area contributed by atoms with Gasteiger partial charge in [0.15, 0.2) is 11.5 Å². The van der Waals surface area contributed by atoms with Gasteiger partial charge in [-0.2, -0.15) is 0 Å². The van der Waals surface area contributed by atoms with Crippen LogP contribution in [0.5, 0.6) is 0 Å². The van der Waals surface area contributed by atoms with Crippen LogP contribution in [-0.2, 0) is 0 Å². The van der Waals surface area contributed by atoms with Crippen LogP contribution in [0.25, 0.3) is 72.2 Å². The lowest BCUT2D eigenvalue weighted by Gasteiger charge is -2.14. The van der Waals surface area contributed by atoms with Gasteiger partial charge in [0.1, 0.15) is 0 Å². The SMILES string of the molecule is Cc1ccc2ccc3c(-c4cccc(-c5nc6c(-c7ccccc7)cc(-c7ccccc7)cn6n5)c4)cc(C(C)C)nc3c2n1. The van der Waals surface area contributed by atoms with Crippen molar-refractivity contribution >= 4 is 27.5 Å². The molecule has 0 unspecified atom stereocenters. The van der Waals surface area contributed by atoms with E-state index in [1.165, 1.54) is 0 Å². The maximum absolute atomic E-state index is 5.12. The largest absolute Gasteiger partial charge is 0.251 e. The van der Waals surface area contributed by atoms with E-state index in [0.29, 0.717) is 5.82 Å². The molecule has 4 aromatic carbocycles. The van der Waals surface area contributed by atoms with Gasteiger partial charge in [0, 0.05) is 45.0 Å². The second kappa shape index (κ2) is 10.8. The Hall–Kier alpha value is -5.68. The third-order valence-corrected chi connectivity index (χ3v) is 8.45.